The van der Waals surface area contributed by atoms with Gasteiger partial charge in [-0.05, 0) is 30.7 Å². The third-order valence-corrected chi connectivity index (χ3v) is 3.85. The molecule has 0 heterocycles. The summed E-state index contributed by atoms with van der Waals surface area (Å²) >= 11 is 0. The van der Waals surface area contributed by atoms with E-state index >= 15 is 0 Å². The zero-order valence-corrected chi connectivity index (χ0v) is 12.6. The summed E-state index contributed by atoms with van der Waals surface area (Å²) in [5.41, 5.74) is 0.375. The first-order chi connectivity index (χ1) is 9.74. The van der Waals surface area contributed by atoms with Gasteiger partial charge in [0.15, 0.2) is 9.84 Å². The van der Waals surface area contributed by atoms with Crippen LogP contribution < -0.4 is 10.6 Å². The van der Waals surface area contributed by atoms with Crippen molar-refractivity contribution >= 4 is 27.5 Å². The lowest BCUT2D eigenvalue weighted by molar-refractivity contribution is -0.139. The van der Waals surface area contributed by atoms with Crippen molar-refractivity contribution < 1.29 is 23.1 Å². The number of hydrogen-bond donors (Lipinski definition) is 3. The number of anilines is 1. The molecule has 0 saturated heterocycles. The highest BCUT2D eigenvalue weighted by molar-refractivity contribution is 7.90. The Bertz CT molecular complexity index is 610. The Hall–Kier alpha value is -2.09. The lowest BCUT2D eigenvalue weighted by atomic mass is 10.2. The first kappa shape index (κ1) is 17.0. The first-order valence-corrected chi connectivity index (χ1v) is 8.23. The average molecular weight is 314 g/mol. The van der Waals surface area contributed by atoms with Crippen LogP contribution in [0, 0.1) is 0 Å². The SMILES string of the molecule is CCC[C@H](NC(=O)Nc1ccc(S(C)(=O)=O)cc1)C(=O)O. The van der Waals surface area contributed by atoms with Gasteiger partial charge in [-0.25, -0.2) is 18.0 Å². The first-order valence-electron chi connectivity index (χ1n) is 6.34. The second-order valence-electron chi connectivity index (χ2n) is 4.57. The predicted octanol–water partition coefficient (Wildman–Crippen LogP) is 1.46. The van der Waals surface area contributed by atoms with Crippen LogP contribution in [0.5, 0.6) is 0 Å². The minimum Gasteiger partial charge on any atom is -0.480 e. The number of aliphatic carboxylic acids is 1. The van der Waals surface area contributed by atoms with Gasteiger partial charge in [-0.1, -0.05) is 13.3 Å². The Morgan fingerprint density at radius 2 is 1.81 bits per heavy atom. The van der Waals surface area contributed by atoms with Gasteiger partial charge in [0.1, 0.15) is 6.04 Å². The van der Waals surface area contributed by atoms with Crippen molar-refractivity contribution in [2.75, 3.05) is 11.6 Å². The molecule has 0 aromatic heterocycles. The van der Waals surface area contributed by atoms with Gasteiger partial charge in [0, 0.05) is 11.9 Å². The van der Waals surface area contributed by atoms with Crippen molar-refractivity contribution in [2.24, 2.45) is 0 Å². The largest absolute Gasteiger partial charge is 0.480 e. The standard InChI is InChI=1S/C13H18N2O5S/c1-3-4-11(12(16)17)15-13(18)14-9-5-7-10(8-6-9)21(2,19)20/h5-8,11H,3-4H2,1-2H3,(H,16,17)(H2,14,15,18)/t11-/m0/s1. The number of amides is 2. The number of nitrogens with one attached hydrogen (secondary N) is 2. The topological polar surface area (TPSA) is 113 Å². The van der Waals surface area contributed by atoms with Crippen LogP contribution in [-0.2, 0) is 14.6 Å². The molecule has 0 saturated carbocycles. The summed E-state index contributed by atoms with van der Waals surface area (Å²) in [5, 5.41) is 13.7. The van der Waals surface area contributed by atoms with Crippen molar-refractivity contribution in [3.8, 4) is 0 Å². The molecule has 2 amide bonds. The van der Waals surface area contributed by atoms with Gasteiger partial charge in [0.25, 0.3) is 0 Å². The molecule has 21 heavy (non-hydrogen) atoms. The summed E-state index contributed by atoms with van der Waals surface area (Å²) in [7, 11) is -3.29. The number of urea groups is 1. The van der Waals surface area contributed by atoms with Crippen molar-refractivity contribution in [1.29, 1.82) is 0 Å². The Kier molecular flexibility index (Phi) is 5.71. The zero-order valence-electron chi connectivity index (χ0n) is 11.8. The van der Waals surface area contributed by atoms with E-state index in [-0.39, 0.29) is 4.90 Å². The van der Waals surface area contributed by atoms with E-state index in [1.165, 1.54) is 24.3 Å². The summed E-state index contributed by atoms with van der Waals surface area (Å²) in [5.74, 6) is -1.10. The van der Waals surface area contributed by atoms with Crippen LogP contribution in [0.15, 0.2) is 29.2 Å². The summed E-state index contributed by atoms with van der Waals surface area (Å²) in [4.78, 5) is 22.7. The maximum absolute atomic E-state index is 11.7. The van der Waals surface area contributed by atoms with Gasteiger partial charge in [-0.3, -0.25) is 0 Å². The Labute approximate surface area is 123 Å². The second kappa shape index (κ2) is 7.07. The van der Waals surface area contributed by atoms with Crippen molar-refractivity contribution in [2.45, 2.75) is 30.7 Å². The Morgan fingerprint density at radius 1 is 1.24 bits per heavy atom. The summed E-state index contributed by atoms with van der Waals surface area (Å²) < 4.78 is 22.6. The maximum Gasteiger partial charge on any atom is 0.326 e. The molecule has 1 aromatic rings. The van der Waals surface area contributed by atoms with Crippen LogP contribution in [0.4, 0.5) is 10.5 Å². The summed E-state index contributed by atoms with van der Waals surface area (Å²) in [6, 6.07) is 4.00. The molecule has 0 aliphatic heterocycles. The van der Waals surface area contributed by atoms with Crippen molar-refractivity contribution in [3.63, 3.8) is 0 Å². The van der Waals surface area contributed by atoms with Crippen LogP contribution in [0.1, 0.15) is 19.8 Å². The minimum absolute atomic E-state index is 0.142. The van der Waals surface area contributed by atoms with Crippen LogP contribution in [0.2, 0.25) is 0 Å². The number of carboxylic acid groups (broad SMARTS) is 1. The minimum atomic E-state index is -3.29. The fraction of sp³-hybridized carbons (Fsp3) is 0.385. The molecule has 0 aliphatic carbocycles. The van der Waals surface area contributed by atoms with E-state index in [2.05, 4.69) is 10.6 Å². The monoisotopic (exact) mass is 314 g/mol. The third-order valence-electron chi connectivity index (χ3n) is 2.72. The normalized spacial score (nSPS) is 12.5. The van der Waals surface area contributed by atoms with Gasteiger partial charge in [-0.2, -0.15) is 0 Å². The number of carboxylic acids is 1. The fourth-order valence-corrected chi connectivity index (χ4v) is 2.29. The van der Waals surface area contributed by atoms with E-state index in [0.29, 0.717) is 18.5 Å². The molecule has 1 aromatic carbocycles. The zero-order chi connectivity index (χ0) is 16.0. The highest BCUT2D eigenvalue weighted by Crippen LogP contribution is 2.13. The van der Waals surface area contributed by atoms with Crippen LogP contribution >= 0.6 is 0 Å². The quantitative estimate of drug-likeness (QED) is 0.736. The molecular formula is C13H18N2O5S. The average Bonchev–Trinajstić information content (AvgIpc) is 2.37. The van der Waals surface area contributed by atoms with Crippen LogP contribution in [-0.4, -0.2) is 37.8 Å². The smallest absolute Gasteiger partial charge is 0.326 e. The van der Waals surface area contributed by atoms with E-state index in [1.54, 1.807) is 0 Å². The molecule has 7 nitrogen and oxygen atoms in total. The third kappa shape index (κ3) is 5.42. The fourth-order valence-electron chi connectivity index (χ4n) is 1.66. The molecule has 3 N–H and O–H groups in total. The molecule has 0 bridgehead atoms. The van der Waals surface area contributed by atoms with E-state index in [9.17, 15) is 18.0 Å². The predicted molar refractivity (Wildman–Crippen MR) is 78.0 cm³/mol. The molecule has 0 spiro atoms. The highest BCUT2D eigenvalue weighted by Gasteiger charge is 2.18. The molecule has 1 rings (SSSR count). The Balaban J connectivity index is 2.68. The molecule has 0 radical (unpaired) electrons. The number of sulfone groups is 1. The van der Waals surface area contributed by atoms with Crippen LogP contribution in [0.3, 0.4) is 0 Å². The number of hydrogen-bond acceptors (Lipinski definition) is 4. The van der Waals surface area contributed by atoms with Crippen molar-refractivity contribution in [1.82, 2.24) is 5.32 Å². The second-order valence-corrected chi connectivity index (χ2v) is 6.59. The number of carbonyl (C=O) groups is 2. The van der Waals surface area contributed by atoms with E-state index < -0.39 is 27.9 Å². The molecule has 116 valence electrons. The molecule has 0 unspecified atom stereocenters. The maximum atomic E-state index is 11.7. The van der Waals surface area contributed by atoms with Crippen LogP contribution in [0.25, 0.3) is 0 Å². The van der Waals surface area contributed by atoms with E-state index in [1.807, 2.05) is 6.92 Å². The number of benzene rings is 1. The summed E-state index contributed by atoms with van der Waals surface area (Å²) in [6.45, 7) is 1.82. The number of carbonyl (C=O) groups excluding carboxylic acids is 1. The molecule has 1 atom stereocenters. The van der Waals surface area contributed by atoms with E-state index in [0.717, 1.165) is 6.26 Å². The van der Waals surface area contributed by atoms with Crippen molar-refractivity contribution in [3.05, 3.63) is 24.3 Å². The van der Waals surface area contributed by atoms with Gasteiger partial charge in [-0.15, -0.1) is 0 Å². The van der Waals surface area contributed by atoms with Gasteiger partial charge >= 0.3 is 12.0 Å². The molecule has 8 heteroatoms. The molecule has 0 aliphatic rings. The number of rotatable bonds is 6. The van der Waals surface area contributed by atoms with Gasteiger partial charge in [0.2, 0.25) is 0 Å². The lowest BCUT2D eigenvalue weighted by Gasteiger charge is -2.14. The summed E-state index contributed by atoms with van der Waals surface area (Å²) in [6.07, 6.45) is 2.04. The molecule has 0 fully saturated rings. The highest BCUT2D eigenvalue weighted by atomic mass is 32.2. The van der Waals surface area contributed by atoms with Gasteiger partial charge in [0.05, 0.1) is 4.90 Å². The Morgan fingerprint density at radius 3 is 2.24 bits per heavy atom. The molecular weight excluding hydrogens is 296 g/mol. The van der Waals surface area contributed by atoms with E-state index in [4.69, 9.17) is 5.11 Å². The lowest BCUT2D eigenvalue weighted by Crippen LogP contribution is -2.42. The van der Waals surface area contributed by atoms with Gasteiger partial charge < -0.3 is 15.7 Å².